The molecule has 4 saturated carbocycles. The first kappa shape index (κ1) is 29.5. The van der Waals surface area contributed by atoms with Crippen molar-refractivity contribution in [2.75, 3.05) is 13.7 Å². The number of hydrogen-bond acceptors (Lipinski definition) is 9. The molecule has 0 amide bonds. The van der Waals surface area contributed by atoms with Gasteiger partial charge in [-0.05, 0) is 80.6 Å². The lowest BCUT2D eigenvalue weighted by molar-refractivity contribution is -0.273. The molecule has 9 heteroatoms. The SMILES string of the molecule is CO[C@@H]1C[C@H](OC2CC[C@@]3(C)C(CC[C@@H]4[C@@H]3CC[C@]3(C)[C@@H](C5=CC(=O)OC5)C(OC(C)=O)C[C@]43O)C2)O[C@H](C)[C@@H]1O. The number of methoxy groups -OCH3 is 1. The second kappa shape index (κ2) is 10.6. The highest BCUT2D eigenvalue weighted by atomic mass is 16.7. The number of rotatable bonds is 5. The second-order valence-electron chi connectivity index (χ2n) is 14.3. The van der Waals surface area contributed by atoms with Gasteiger partial charge in [0.1, 0.15) is 18.8 Å². The number of aliphatic hydroxyl groups excluding tert-OH is 1. The van der Waals surface area contributed by atoms with Gasteiger partial charge in [-0.3, -0.25) is 4.79 Å². The van der Waals surface area contributed by atoms with Crippen LogP contribution in [0.5, 0.6) is 0 Å². The van der Waals surface area contributed by atoms with E-state index in [0.717, 1.165) is 50.5 Å². The van der Waals surface area contributed by atoms with Gasteiger partial charge in [0, 0.05) is 44.3 Å². The standard InChI is InChI=1S/C32H48O9/c1-17-29(35)24(37-5)14-27(39-17)41-21-8-10-30(3)20(13-21)6-7-23-22(30)9-11-31(4)28(19-12-26(34)38-16-19)25(40-18(2)33)15-32(23,31)36/h12,17,20-25,27-29,35-36H,6-11,13-16H2,1-5H3/t17-,20?,21?,22+,23-,24-,25?,27+,28+,29+,30+,31-,32+/m1/s1. The fourth-order valence-corrected chi connectivity index (χ4v) is 10.4. The van der Waals surface area contributed by atoms with Crippen LogP contribution in [0.4, 0.5) is 0 Å². The van der Waals surface area contributed by atoms with Gasteiger partial charge in [-0.25, -0.2) is 4.79 Å². The van der Waals surface area contributed by atoms with Crippen LogP contribution in [0.1, 0.15) is 85.5 Å². The monoisotopic (exact) mass is 576 g/mol. The van der Waals surface area contributed by atoms with E-state index in [1.165, 1.54) is 6.92 Å². The number of cyclic esters (lactones) is 1. The first-order valence-electron chi connectivity index (χ1n) is 15.7. The quantitative estimate of drug-likeness (QED) is 0.373. The minimum Gasteiger partial charge on any atom is -0.462 e. The Morgan fingerprint density at radius 1 is 1.07 bits per heavy atom. The summed E-state index contributed by atoms with van der Waals surface area (Å²) in [5.41, 5.74) is -0.559. The van der Waals surface area contributed by atoms with Crippen molar-refractivity contribution < 1.29 is 43.5 Å². The van der Waals surface area contributed by atoms with Gasteiger partial charge >= 0.3 is 11.9 Å². The lowest BCUT2D eigenvalue weighted by atomic mass is 9.43. The minimum atomic E-state index is -0.990. The lowest BCUT2D eigenvalue weighted by Gasteiger charge is -2.63. The molecule has 0 radical (unpaired) electrons. The van der Waals surface area contributed by atoms with Gasteiger partial charge < -0.3 is 33.9 Å². The van der Waals surface area contributed by atoms with Crippen LogP contribution in [0.25, 0.3) is 0 Å². The molecule has 5 fully saturated rings. The molecule has 9 nitrogen and oxygen atoms in total. The normalized spacial score (nSPS) is 51.2. The number of carbonyl (C=O) groups excluding carboxylic acids is 2. The molecule has 0 aromatic rings. The lowest BCUT2D eigenvalue weighted by Crippen LogP contribution is -2.62. The average Bonchev–Trinajstić information content (AvgIpc) is 3.42. The highest BCUT2D eigenvalue weighted by Crippen LogP contribution is 2.70. The van der Waals surface area contributed by atoms with Crippen LogP contribution in [-0.2, 0) is 33.3 Å². The molecule has 0 aromatic heterocycles. The molecule has 41 heavy (non-hydrogen) atoms. The summed E-state index contributed by atoms with van der Waals surface area (Å²) >= 11 is 0. The van der Waals surface area contributed by atoms with E-state index in [4.69, 9.17) is 23.7 Å². The van der Waals surface area contributed by atoms with Crippen molar-refractivity contribution in [1.82, 2.24) is 0 Å². The largest absolute Gasteiger partial charge is 0.462 e. The molecule has 2 aliphatic heterocycles. The van der Waals surface area contributed by atoms with E-state index in [1.807, 2.05) is 6.92 Å². The molecule has 3 unspecified atom stereocenters. The number of esters is 2. The summed E-state index contributed by atoms with van der Waals surface area (Å²) < 4.78 is 29.1. The summed E-state index contributed by atoms with van der Waals surface area (Å²) in [5, 5.41) is 23.0. The number of ether oxygens (including phenoxy) is 5. The van der Waals surface area contributed by atoms with E-state index < -0.39 is 23.2 Å². The van der Waals surface area contributed by atoms with Gasteiger partial charge in [0.05, 0.1) is 23.9 Å². The summed E-state index contributed by atoms with van der Waals surface area (Å²) in [5.74, 6) is 0.0175. The number of hydrogen-bond donors (Lipinski definition) is 2. The van der Waals surface area contributed by atoms with Crippen molar-refractivity contribution >= 4 is 11.9 Å². The molecule has 0 bridgehead atoms. The zero-order chi connectivity index (χ0) is 29.3. The predicted octanol–water partition coefficient (Wildman–Crippen LogP) is 3.68. The van der Waals surface area contributed by atoms with Crippen LogP contribution in [-0.4, -0.2) is 78.3 Å². The first-order valence-corrected chi connectivity index (χ1v) is 15.7. The van der Waals surface area contributed by atoms with E-state index in [9.17, 15) is 19.8 Å². The minimum absolute atomic E-state index is 0.0898. The highest BCUT2D eigenvalue weighted by Gasteiger charge is 2.71. The van der Waals surface area contributed by atoms with E-state index >= 15 is 0 Å². The Morgan fingerprint density at radius 3 is 2.54 bits per heavy atom. The fraction of sp³-hybridized carbons (Fsp3) is 0.875. The van der Waals surface area contributed by atoms with Crippen LogP contribution in [0, 0.1) is 34.5 Å². The van der Waals surface area contributed by atoms with Crippen LogP contribution in [0.2, 0.25) is 0 Å². The van der Waals surface area contributed by atoms with Crippen LogP contribution in [0.3, 0.4) is 0 Å². The molecule has 6 aliphatic rings. The van der Waals surface area contributed by atoms with E-state index in [1.54, 1.807) is 13.2 Å². The summed E-state index contributed by atoms with van der Waals surface area (Å²) in [7, 11) is 1.62. The summed E-state index contributed by atoms with van der Waals surface area (Å²) in [6, 6.07) is 0. The Kier molecular flexibility index (Phi) is 7.62. The Bertz CT molecular complexity index is 1080. The topological polar surface area (TPSA) is 121 Å². The van der Waals surface area contributed by atoms with Crippen LogP contribution in [0.15, 0.2) is 11.6 Å². The summed E-state index contributed by atoms with van der Waals surface area (Å²) in [6.07, 6.45) is 7.14. The van der Waals surface area contributed by atoms with Gasteiger partial charge in [0.25, 0.3) is 0 Å². The van der Waals surface area contributed by atoms with Gasteiger partial charge in [-0.15, -0.1) is 0 Å². The van der Waals surface area contributed by atoms with Gasteiger partial charge in [-0.2, -0.15) is 0 Å². The Balaban J connectivity index is 1.19. The summed E-state index contributed by atoms with van der Waals surface area (Å²) in [6.45, 7) is 8.06. The molecule has 0 aromatic carbocycles. The van der Waals surface area contributed by atoms with E-state index in [2.05, 4.69) is 13.8 Å². The van der Waals surface area contributed by atoms with Crippen molar-refractivity contribution in [3.63, 3.8) is 0 Å². The Morgan fingerprint density at radius 2 is 1.85 bits per heavy atom. The van der Waals surface area contributed by atoms with Crippen molar-refractivity contribution in [1.29, 1.82) is 0 Å². The number of carbonyl (C=O) groups is 2. The zero-order valence-corrected chi connectivity index (χ0v) is 25.2. The van der Waals surface area contributed by atoms with E-state index in [0.29, 0.717) is 24.7 Å². The fourth-order valence-electron chi connectivity index (χ4n) is 10.4. The molecule has 13 atom stereocenters. The van der Waals surface area contributed by atoms with Crippen molar-refractivity contribution in [3.8, 4) is 0 Å². The number of fused-ring (bicyclic) bond motifs is 5. The number of aliphatic hydroxyl groups is 2. The molecular formula is C32H48O9. The third-order valence-corrected chi connectivity index (χ3v) is 12.5. The molecule has 2 N–H and O–H groups in total. The van der Waals surface area contributed by atoms with Gasteiger partial charge in [-0.1, -0.05) is 13.8 Å². The van der Waals surface area contributed by atoms with Gasteiger partial charge in [0.15, 0.2) is 6.29 Å². The maximum atomic E-state index is 12.7. The first-order chi connectivity index (χ1) is 19.4. The zero-order valence-electron chi connectivity index (χ0n) is 25.2. The molecule has 0 spiro atoms. The average molecular weight is 577 g/mol. The molecule has 4 aliphatic carbocycles. The third-order valence-electron chi connectivity index (χ3n) is 12.5. The Labute approximate surface area is 243 Å². The van der Waals surface area contributed by atoms with Crippen molar-refractivity contribution in [3.05, 3.63) is 11.6 Å². The maximum absolute atomic E-state index is 12.7. The van der Waals surface area contributed by atoms with Crippen LogP contribution >= 0.6 is 0 Å². The maximum Gasteiger partial charge on any atom is 0.331 e. The Hall–Kier alpha value is -1.52. The molecule has 6 rings (SSSR count). The molecule has 230 valence electrons. The molecule has 1 saturated heterocycles. The third kappa shape index (κ3) is 4.69. The van der Waals surface area contributed by atoms with Crippen LogP contribution < -0.4 is 0 Å². The molecular weight excluding hydrogens is 528 g/mol. The summed E-state index contributed by atoms with van der Waals surface area (Å²) in [4.78, 5) is 24.2. The highest BCUT2D eigenvalue weighted by molar-refractivity contribution is 5.85. The second-order valence-corrected chi connectivity index (χ2v) is 14.3. The smallest absolute Gasteiger partial charge is 0.331 e. The predicted molar refractivity (Wildman–Crippen MR) is 147 cm³/mol. The van der Waals surface area contributed by atoms with Gasteiger partial charge in [0.2, 0.25) is 0 Å². The van der Waals surface area contributed by atoms with Crippen molar-refractivity contribution in [2.24, 2.45) is 34.5 Å². The molecule has 2 heterocycles. The van der Waals surface area contributed by atoms with E-state index in [-0.39, 0.29) is 60.4 Å². The van der Waals surface area contributed by atoms with Crippen molar-refractivity contribution in [2.45, 2.75) is 128 Å².